The Morgan fingerprint density at radius 2 is 2.04 bits per heavy atom. The highest BCUT2D eigenvalue weighted by Crippen LogP contribution is 2.33. The minimum Gasteiger partial charge on any atom is -0.419 e. The molecule has 2 heterocycles. The molecule has 0 saturated carbocycles. The average molecular weight is 333 g/mol. The number of H-pyrrole nitrogens is 1. The number of thioether (sulfide) groups is 1. The normalized spacial score (nSPS) is 12.3. The molecule has 0 radical (unpaired) electrons. The molecule has 0 saturated heterocycles. The van der Waals surface area contributed by atoms with Crippen LogP contribution in [0.25, 0.3) is 11.5 Å². The molecule has 0 aliphatic rings. The first-order valence-corrected chi connectivity index (χ1v) is 7.52. The zero-order chi connectivity index (χ0) is 16.4. The first kappa shape index (κ1) is 15.2. The molecule has 1 aromatic carbocycles. The fourth-order valence-electron chi connectivity index (χ4n) is 1.83. The van der Waals surface area contributed by atoms with Gasteiger partial charge in [-0.15, -0.1) is 10.2 Å². The van der Waals surface area contributed by atoms with Gasteiger partial charge in [-0.2, -0.15) is 0 Å². The fourth-order valence-corrected chi connectivity index (χ4v) is 2.68. The summed E-state index contributed by atoms with van der Waals surface area (Å²) in [7, 11) is 0. The number of benzene rings is 1. The van der Waals surface area contributed by atoms with E-state index in [1.165, 1.54) is 30.0 Å². The number of nitrogens with zero attached hydrogens (tertiary/aromatic N) is 3. The molecule has 118 valence electrons. The van der Waals surface area contributed by atoms with E-state index in [4.69, 9.17) is 10.2 Å². The number of hydrogen-bond donors (Lipinski definition) is 2. The average Bonchev–Trinajstić information content (AvgIpc) is 2.97. The quantitative estimate of drug-likeness (QED) is 0.557. The smallest absolute Gasteiger partial charge is 0.253 e. The number of aromatic amines is 1. The van der Waals surface area contributed by atoms with Crippen LogP contribution in [0.3, 0.4) is 0 Å². The summed E-state index contributed by atoms with van der Waals surface area (Å²) in [5, 5.41) is 8.03. The Morgan fingerprint density at radius 1 is 1.30 bits per heavy atom. The third-order valence-corrected chi connectivity index (χ3v) is 3.88. The Morgan fingerprint density at radius 3 is 2.74 bits per heavy atom. The number of rotatable bonds is 4. The molecule has 9 heteroatoms. The van der Waals surface area contributed by atoms with Crippen molar-refractivity contribution < 1.29 is 8.81 Å². The molecule has 2 aromatic heterocycles. The van der Waals surface area contributed by atoms with Gasteiger partial charge in [0.05, 0.1) is 5.25 Å². The van der Waals surface area contributed by atoms with Crippen molar-refractivity contribution >= 4 is 17.6 Å². The molecule has 0 fully saturated rings. The van der Waals surface area contributed by atoms with Gasteiger partial charge in [0, 0.05) is 11.6 Å². The summed E-state index contributed by atoms with van der Waals surface area (Å²) in [5.41, 5.74) is 5.83. The minimum absolute atomic E-state index is 0.140. The maximum atomic E-state index is 12.9. The van der Waals surface area contributed by atoms with Crippen molar-refractivity contribution in [2.24, 2.45) is 0 Å². The molecular formula is C14H12FN5O2S. The van der Waals surface area contributed by atoms with Gasteiger partial charge in [0.2, 0.25) is 11.8 Å². The van der Waals surface area contributed by atoms with Crippen LogP contribution in [-0.2, 0) is 0 Å². The highest BCUT2D eigenvalue weighted by atomic mass is 32.2. The maximum Gasteiger partial charge on any atom is 0.253 e. The van der Waals surface area contributed by atoms with Crippen LogP contribution in [0.4, 0.5) is 10.2 Å². The zero-order valence-electron chi connectivity index (χ0n) is 12.0. The predicted molar refractivity (Wildman–Crippen MR) is 83.2 cm³/mol. The topological polar surface area (TPSA) is 111 Å². The molecule has 1 atom stereocenters. The SMILES string of the molecule is CC(Sc1nc(N)cc(=O)[nH]1)c1nnc(-c2ccc(F)cc2)o1. The molecule has 3 aromatic rings. The van der Waals surface area contributed by atoms with Crippen LogP contribution >= 0.6 is 11.8 Å². The van der Waals surface area contributed by atoms with Crippen molar-refractivity contribution in [3.8, 4) is 11.5 Å². The third-order valence-electron chi connectivity index (χ3n) is 2.91. The number of nitrogens with one attached hydrogen (secondary N) is 1. The van der Waals surface area contributed by atoms with Crippen molar-refractivity contribution in [3.05, 3.63) is 52.4 Å². The Kier molecular flexibility index (Phi) is 4.11. The van der Waals surface area contributed by atoms with E-state index in [-0.39, 0.29) is 22.4 Å². The molecule has 0 amide bonds. The first-order valence-electron chi connectivity index (χ1n) is 6.64. The van der Waals surface area contributed by atoms with Crippen LogP contribution < -0.4 is 11.3 Å². The standard InChI is InChI=1S/C14H12FN5O2S/c1-7(23-14-17-10(16)6-11(21)18-14)12-19-20-13(22-12)8-2-4-9(15)5-3-8/h2-7H,1H3,(H3,16,17,18,21). The molecule has 0 bridgehead atoms. The molecule has 0 aliphatic heterocycles. The second-order valence-electron chi connectivity index (χ2n) is 4.69. The summed E-state index contributed by atoms with van der Waals surface area (Å²) < 4.78 is 18.5. The molecule has 7 nitrogen and oxygen atoms in total. The van der Waals surface area contributed by atoms with E-state index in [1.807, 2.05) is 6.92 Å². The lowest BCUT2D eigenvalue weighted by Gasteiger charge is -2.05. The van der Waals surface area contributed by atoms with Gasteiger partial charge in [-0.25, -0.2) is 9.37 Å². The van der Waals surface area contributed by atoms with Crippen LogP contribution in [-0.4, -0.2) is 20.2 Å². The van der Waals surface area contributed by atoms with E-state index in [1.54, 1.807) is 12.1 Å². The molecule has 1 unspecified atom stereocenters. The van der Waals surface area contributed by atoms with Crippen LogP contribution in [0.1, 0.15) is 18.1 Å². The van der Waals surface area contributed by atoms with E-state index >= 15 is 0 Å². The van der Waals surface area contributed by atoms with E-state index in [9.17, 15) is 9.18 Å². The Hall–Kier alpha value is -2.68. The predicted octanol–water partition coefficient (Wildman–Crippen LogP) is 2.39. The lowest BCUT2D eigenvalue weighted by molar-refractivity contribution is 0.509. The van der Waals surface area contributed by atoms with Crippen molar-refractivity contribution in [1.29, 1.82) is 0 Å². The second kappa shape index (κ2) is 6.21. The number of aromatic nitrogens is 4. The monoisotopic (exact) mass is 333 g/mol. The Balaban J connectivity index is 1.79. The highest BCUT2D eigenvalue weighted by Gasteiger charge is 2.17. The fraction of sp³-hybridized carbons (Fsp3) is 0.143. The summed E-state index contributed by atoms with van der Waals surface area (Å²) in [4.78, 5) is 18.0. The van der Waals surface area contributed by atoms with E-state index in [0.29, 0.717) is 22.5 Å². The van der Waals surface area contributed by atoms with Gasteiger partial charge >= 0.3 is 0 Å². The molecule has 0 spiro atoms. The maximum absolute atomic E-state index is 12.9. The number of nitrogens with two attached hydrogens (primary N) is 1. The third kappa shape index (κ3) is 3.57. The van der Waals surface area contributed by atoms with Crippen LogP contribution in [0.2, 0.25) is 0 Å². The zero-order valence-corrected chi connectivity index (χ0v) is 12.8. The molecular weight excluding hydrogens is 321 g/mol. The van der Waals surface area contributed by atoms with Gasteiger partial charge < -0.3 is 15.1 Å². The number of nitrogen functional groups attached to an aromatic ring is 1. The molecule has 3 N–H and O–H groups in total. The van der Waals surface area contributed by atoms with E-state index in [2.05, 4.69) is 20.2 Å². The molecule has 0 aliphatic carbocycles. The van der Waals surface area contributed by atoms with Gasteiger partial charge in [-0.3, -0.25) is 4.79 Å². The van der Waals surface area contributed by atoms with E-state index in [0.717, 1.165) is 0 Å². The second-order valence-corrected chi connectivity index (χ2v) is 6.02. The van der Waals surface area contributed by atoms with Gasteiger partial charge in [-0.1, -0.05) is 11.8 Å². The van der Waals surface area contributed by atoms with Gasteiger partial charge in [0.1, 0.15) is 11.6 Å². The summed E-state index contributed by atoms with van der Waals surface area (Å²) in [6.45, 7) is 1.83. The van der Waals surface area contributed by atoms with Crippen molar-refractivity contribution in [1.82, 2.24) is 20.2 Å². The lowest BCUT2D eigenvalue weighted by atomic mass is 10.2. The van der Waals surface area contributed by atoms with Gasteiger partial charge in [-0.05, 0) is 31.2 Å². The lowest BCUT2D eigenvalue weighted by Crippen LogP contribution is -2.09. The van der Waals surface area contributed by atoms with Crippen LogP contribution in [0, 0.1) is 5.82 Å². The van der Waals surface area contributed by atoms with E-state index < -0.39 is 0 Å². The Labute approximate surface area is 134 Å². The summed E-state index contributed by atoms with van der Waals surface area (Å²) in [5.74, 6) is 0.455. The van der Waals surface area contributed by atoms with Gasteiger partial charge in [0.15, 0.2) is 5.16 Å². The highest BCUT2D eigenvalue weighted by molar-refractivity contribution is 7.99. The summed E-state index contributed by atoms with van der Waals surface area (Å²) >= 11 is 1.23. The molecule has 23 heavy (non-hydrogen) atoms. The molecule has 3 rings (SSSR count). The van der Waals surface area contributed by atoms with Crippen LogP contribution in [0.5, 0.6) is 0 Å². The Bertz CT molecular complexity index is 877. The van der Waals surface area contributed by atoms with Crippen molar-refractivity contribution in [3.63, 3.8) is 0 Å². The number of halogens is 1. The first-order chi connectivity index (χ1) is 11.0. The largest absolute Gasteiger partial charge is 0.419 e. The minimum atomic E-state index is -0.339. The number of hydrogen-bond acceptors (Lipinski definition) is 7. The summed E-state index contributed by atoms with van der Waals surface area (Å²) in [6.07, 6.45) is 0. The van der Waals surface area contributed by atoms with Gasteiger partial charge in [0.25, 0.3) is 5.56 Å². The van der Waals surface area contributed by atoms with Crippen molar-refractivity contribution in [2.45, 2.75) is 17.3 Å². The van der Waals surface area contributed by atoms with Crippen LogP contribution in [0.15, 0.2) is 44.7 Å². The van der Waals surface area contributed by atoms with Crippen molar-refractivity contribution in [2.75, 3.05) is 5.73 Å². The number of anilines is 1. The summed E-state index contributed by atoms with van der Waals surface area (Å²) in [6, 6.07) is 6.95.